The molecule has 9 aromatic rings. The molecule has 0 aromatic heterocycles. The molecular weight excluding hydrogens is 665 g/mol. The second-order valence-corrected chi connectivity index (χ2v) is 13.5. The average Bonchev–Trinajstić information content (AvgIpc) is 3.26. The Bertz CT molecular complexity index is 2740. The number of fused-ring (bicyclic) bond motifs is 2. The van der Waals surface area contributed by atoms with Crippen molar-refractivity contribution in [1.82, 2.24) is 0 Å². The summed E-state index contributed by atoms with van der Waals surface area (Å²) in [6, 6.07) is 61.5. The van der Waals surface area contributed by atoms with Gasteiger partial charge in [-0.1, -0.05) is 160 Å². The van der Waals surface area contributed by atoms with Crippen LogP contribution < -0.4 is 9.80 Å². The number of hydrogen-bond acceptors (Lipinski definition) is 2. The minimum atomic E-state index is 1.04. The molecule has 0 radical (unpaired) electrons. The summed E-state index contributed by atoms with van der Waals surface area (Å²) in [6.07, 6.45) is 5.66. The standard InChI is InChI=1S/C51H38N2.C2H6/c1-4-12-35(5-2)37-21-25-41(26-22-37)53(42-27-23-38(24-28-42)36-13-7-6-8-14-36)43-31-29-40(30-32-43)52(3)49-34-33-47-45-18-10-16-39-15-9-17-44(50(39)45)46-19-11-20-48(49)51(46)47;1-2/h4-34H,1-2H2,3H3;1-2H3/b35-12+;. The first-order valence-electron chi connectivity index (χ1n) is 19.1. The molecule has 0 amide bonds. The number of rotatable bonds is 9. The summed E-state index contributed by atoms with van der Waals surface area (Å²) in [6.45, 7) is 11.9. The van der Waals surface area contributed by atoms with Crippen molar-refractivity contribution >= 4 is 77.1 Å². The molecule has 2 nitrogen and oxygen atoms in total. The van der Waals surface area contributed by atoms with Crippen LogP contribution in [-0.2, 0) is 0 Å². The molecule has 0 bridgehead atoms. The Kier molecular flexibility index (Phi) is 9.73. The fourth-order valence-electron chi connectivity index (χ4n) is 7.98. The van der Waals surface area contributed by atoms with Crippen LogP contribution in [0.25, 0.3) is 59.8 Å². The highest BCUT2D eigenvalue weighted by molar-refractivity contribution is 6.34. The van der Waals surface area contributed by atoms with Crippen LogP contribution >= 0.6 is 0 Å². The minimum absolute atomic E-state index is 1.04. The summed E-state index contributed by atoms with van der Waals surface area (Å²) >= 11 is 0. The molecule has 0 saturated heterocycles. The van der Waals surface area contributed by atoms with Gasteiger partial charge in [-0.3, -0.25) is 0 Å². The van der Waals surface area contributed by atoms with Crippen LogP contribution in [0.3, 0.4) is 0 Å². The lowest BCUT2D eigenvalue weighted by Gasteiger charge is -2.27. The van der Waals surface area contributed by atoms with Crippen molar-refractivity contribution in [3.8, 4) is 11.1 Å². The Labute approximate surface area is 324 Å². The predicted molar refractivity (Wildman–Crippen MR) is 242 cm³/mol. The second-order valence-electron chi connectivity index (χ2n) is 13.5. The molecule has 9 aromatic carbocycles. The molecule has 0 aliphatic heterocycles. The normalized spacial score (nSPS) is 11.4. The molecule has 0 spiro atoms. The van der Waals surface area contributed by atoms with Crippen molar-refractivity contribution in [2.45, 2.75) is 13.8 Å². The van der Waals surface area contributed by atoms with Gasteiger partial charge in [-0.15, -0.1) is 0 Å². The largest absolute Gasteiger partial charge is 0.344 e. The van der Waals surface area contributed by atoms with Gasteiger partial charge in [0.2, 0.25) is 0 Å². The van der Waals surface area contributed by atoms with Crippen LogP contribution in [0.1, 0.15) is 19.4 Å². The van der Waals surface area contributed by atoms with E-state index in [1.807, 2.05) is 26.0 Å². The summed E-state index contributed by atoms with van der Waals surface area (Å²) in [5, 5.41) is 10.4. The van der Waals surface area contributed by atoms with E-state index >= 15 is 0 Å². The lowest BCUT2D eigenvalue weighted by molar-refractivity contribution is 1.21. The molecule has 0 fully saturated rings. The van der Waals surface area contributed by atoms with E-state index in [1.54, 1.807) is 6.08 Å². The molecule has 266 valence electrons. The van der Waals surface area contributed by atoms with Gasteiger partial charge in [0.25, 0.3) is 0 Å². The molecule has 2 heteroatoms. The van der Waals surface area contributed by atoms with Crippen LogP contribution in [0.4, 0.5) is 28.4 Å². The Balaban J connectivity index is 0.00000210. The Hall–Kier alpha value is -6.90. The highest BCUT2D eigenvalue weighted by atomic mass is 15.1. The smallest absolute Gasteiger partial charge is 0.0488 e. The van der Waals surface area contributed by atoms with Crippen molar-refractivity contribution in [1.29, 1.82) is 0 Å². The molecule has 9 rings (SSSR count). The number of benzene rings is 9. The van der Waals surface area contributed by atoms with Gasteiger partial charge < -0.3 is 9.80 Å². The van der Waals surface area contributed by atoms with Gasteiger partial charge in [0.1, 0.15) is 0 Å². The van der Waals surface area contributed by atoms with Crippen molar-refractivity contribution in [2.75, 3.05) is 16.8 Å². The van der Waals surface area contributed by atoms with E-state index in [0.29, 0.717) is 0 Å². The predicted octanol–water partition coefficient (Wildman–Crippen LogP) is 15.4. The van der Waals surface area contributed by atoms with E-state index < -0.39 is 0 Å². The molecule has 0 aliphatic rings. The first-order valence-corrected chi connectivity index (χ1v) is 19.1. The summed E-state index contributed by atoms with van der Waals surface area (Å²) in [7, 11) is 2.17. The van der Waals surface area contributed by atoms with Crippen molar-refractivity contribution < 1.29 is 0 Å². The van der Waals surface area contributed by atoms with Crippen molar-refractivity contribution in [3.63, 3.8) is 0 Å². The molecule has 55 heavy (non-hydrogen) atoms. The van der Waals surface area contributed by atoms with E-state index in [-0.39, 0.29) is 0 Å². The summed E-state index contributed by atoms with van der Waals surface area (Å²) in [4.78, 5) is 4.62. The number of allylic oxidation sites excluding steroid dienone is 4. The lowest BCUT2D eigenvalue weighted by Crippen LogP contribution is -2.12. The van der Waals surface area contributed by atoms with E-state index in [4.69, 9.17) is 0 Å². The number of hydrogen-bond donors (Lipinski definition) is 0. The van der Waals surface area contributed by atoms with E-state index in [2.05, 4.69) is 200 Å². The van der Waals surface area contributed by atoms with Gasteiger partial charge in [0.15, 0.2) is 0 Å². The average molecular weight is 709 g/mol. The molecule has 0 heterocycles. The molecule has 0 N–H and O–H groups in total. The summed E-state index contributed by atoms with van der Waals surface area (Å²) in [5.74, 6) is 0. The third-order valence-corrected chi connectivity index (χ3v) is 10.6. The van der Waals surface area contributed by atoms with E-state index in [0.717, 1.165) is 33.9 Å². The number of nitrogens with zero attached hydrogens (tertiary/aromatic N) is 2. The third kappa shape index (κ3) is 6.32. The lowest BCUT2D eigenvalue weighted by atomic mass is 9.89. The van der Waals surface area contributed by atoms with Crippen LogP contribution in [0.15, 0.2) is 201 Å². The van der Waals surface area contributed by atoms with Crippen LogP contribution in [0, 0.1) is 0 Å². The van der Waals surface area contributed by atoms with Gasteiger partial charge in [-0.05, 0) is 115 Å². The number of anilines is 5. The first kappa shape index (κ1) is 35.1. The zero-order chi connectivity index (χ0) is 37.9. The van der Waals surface area contributed by atoms with Crippen LogP contribution in [0.2, 0.25) is 0 Å². The Morgan fingerprint density at radius 2 is 0.945 bits per heavy atom. The molecule has 0 unspecified atom stereocenters. The van der Waals surface area contributed by atoms with Gasteiger partial charge in [-0.25, -0.2) is 0 Å². The Morgan fingerprint density at radius 1 is 0.455 bits per heavy atom. The monoisotopic (exact) mass is 708 g/mol. The highest BCUT2D eigenvalue weighted by Crippen LogP contribution is 2.44. The zero-order valence-electron chi connectivity index (χ0n) is 31.7. The van der Waals surface area contributed by atoms with E-state index in [9.17, 15) is 0 Å². The molecule has 0 saturated carbocycles. The SMILES string of the molecule is C=C/C=C(\C=C)c1ccc(N(c2ccc(-c3ccccc3)cc2)c2ccc(N(C)c3ccc4c5cccc6cccc(c7cccc3c74)c65)cc2)cc1.CC. The minimum Gasteiger partial charge on any atom is -0.344 e. The Morgan fingerprint density at radius 3 is 1.55 bits per heavy atom. The van der Waals surface area contributed by atoms with Crippen molar-refractivity contribution in [3.05, 3.63) is 207 Å². The van der Waals surface area contributed by atoms with Crippen molar-refractivity contribution in [2.24, 2.45) is 0 Å². The maximum Gasteiger partial charge on any atom is 0.0488 e. The highest BCUT2D eigenvalue weighted by Gasteiger charge is 2.18. The van der Waals surface area contributed by atoms with E-state index in [1.165, 1.54) is 59.9 Å². The first-order chi connectivity index (χ1) is 27.1. The third-order valence-electron chi connectivity index (χ3n) is 10.6. The maximum atomic E-state index is 4.01. The summed E-state index contributed by atoms with van der Waals surface area (Å²) < 4.78 is 0. The topological polar surface area (TPSA) is 6.48 Å². The molecule has 0 aliphatic carbocycles. The van der Waals surface area contributed by atoms with Crippen LogP contribution in [-0.4, -0.2) is 7.05 Å². The van der Waals surface area contributed by atoms with Crippen LogP contribution in [0.5, 0.6) is 0 Å². The fraction of sp³-hybridized carbons (Fsp3) is 0.0566. The van der Waals surface area contributed by atoms with Gasteiger partial charge >= 0.3 is 0 Å². The fourth-order valence-corrected chi connectivity index (χ4v) is 7.98. The zero-order valence-corrected chi connectivity index (χ0v) is 31.7. The summed E-state index contributed by atoms with van der Waals surface area (Å²) in [5.41, 5.74) is 10.1. The van der Waals surface area contributed by atoms with Gasteiger partial charge in [-0.2, -0.15) is 0 Å². The maximum absolute atomic E-state index is 4.01. The van der Waals surface area contributed by atoms with Gasteiger partial charge in [0.05, 0.1) is 0 Å². The molecular formula is C53H44N2. The second kappa shape index (κ2) is 15.2. The molecule has 0 atom stereocenters. The van der Waals surface area contributed by atoms with Gasteiger partial charge in [0, 0.05) is 40.9 Å². The quantitative estimate of drug-likeness (QED) is 0.0837.